The molecule has 0 radical (unpaired) electrons. The third-order valence-electron chi connectivity index (χ3n) is 4.57. The van der Waals surface area contributed by atoms with Crippen LogP contribution in [0.4, 0.5) is 11.6 Å². The first-order valence-electron chi connectivity index (χ1n) is 9.01. The van der Waals surface area contributed by atoms with Crippen molar-refractivity contribution in [1.82, 2.24) is 24.8 Å². The molecule has 26 heavy (non-hydrogen) atoms. The number of nitrogens with one attached hydrogen (secondary N) is 1. The number of aryl methyl sites for hydroxylation is 1. The Kier molecular flexibility index (Phi) is 5.78. The Morgan fingerprint density at radius 1 is 1.27 bits per heavy atom. The van der Waals surface area contributed by atoms with Crippen molar-refractivity contribution in [2.45, 2.75) is 32.2 Å². The Balaban J connectivity index is 1.83. The molecule has 3 rings (SSSR count). The van der Waals surface area contributed by atoms with E-state index in [0.717, 1.165) is 43.1 Å². The number of carbonyl (C=O) groups is 1. The Bertz CT molecular complexity index is 749. The van der Waals surface area contributed by atoms with Crippen LogP contribution in [0.5, 0.6) is 0 Å². The molecule has 0 aromatic carbocycles. The van der Waals surface area contributed by atoms with Crippen molar-refractivity contribution in [1.29, 1.82) is 0 Å². The molecule has 1 aliphatic heterocycles. The van der Waals surface area contributed by atoms with Crippen molar-refractivity contribution in [3.63, 3.8) is 0 Å². The molecule has 1 fully saturated rings. The van der Waals surface area contributed by atoms with Crippen molar-refractivity contribution in [3.05, 3.63) is 42.0 Å². The van der Waals surface area contributed by atoms with Crippen molar-refractivity contribution in [3.8, 4) is 0 Å². The fourth-order valence-electron chi connectivity index (χ4n) is 3.22. The van der Waals surface area contributed by atoms with E-state index in [1.807, 2.05) is 31.2 Å². The van der Waals surface area contributed by atoms with Gasteiger partial charge in [-0.2, -0.15) is 0 Å². The van der Waals surface area contributed by atoms with Crippen LogP contribution in [0, 0.1) is 6.92 Å². The molecule has 2 aromatic rings. The molecule has 1 atom stereocenters. The summed E-state index contributed by atoms with van der Waals surface area (Å²) in [5.74, 6) is 2.32. The van der Waals surface area contributed by atoms with E-state index < -0.39 is 0 Å². The Morgan fingerprint density at radius 2 is 2.12 bits per heavy atom. The number of hydrogen-bond acceptors (Lipinski definition) is 6. The Hall–Kier alpha value is -2.54. The van der Waals surface area contributed by atoms with E-state index in [0.29, 0.717) is 12.4 Å². The lowest BCUT2D eigenvalue weighted by atomic mass is 9.99. The average molecular weight is 354 g/mol. The highest BCUT2D eigenvalue weighted by Gasteiger charge is 2.27. The molecule has 0 unspecified atom stereocenters. The maximum atomic E-state index is 12.2. The second-order valence-electron chi connectivity index (χ2n) is 6.84. The predicted molar refractivity (Wildman–Crippen MR) is 101 cm³/mol. The minimum Gasteiger partial charge on any atom is -0.348 e. The maximum Gasteiger partial charge on any atom is 0.236 e. The first-order valence-corrected chi connectivity index (χ1v) is 9.01. The van der Waals surface area contributed by atoms with Gasteiger partial charge in [-0.05, 0) is 38.4 Å². The summed E-state index contributed by atoms with van der Waals surface area (Å²) < 4.78 is 0. The number of aromatic nitrogens is 3. The van der Waals surface area contributed by atoms with Crippen LogP contribution in [-0.2, 0) is 4.79 Å². The van der Waals surface area contributed by atoms with Gasteiger partial charge in [0.15, 0.2) is 0 Å². The summed E-state index contributed by atoms with van der Waals surface area (Å²) in [6.45, 7) is 3.23. The summed E-state index contributed by atoms with van der Waals surface area (Å²) in [6, 6.07) is 7.83. The monoisotopic (exact) mass is 354 g/mol. The van der Waals surface area contributed by atoms with Crippen LogP contribution in [0.2, 0.25) is 0 Å². The van der Waals surface area contributed by atoms with Crippen LogP contribution in [0.3, 0.4) is 0 Å². The van der Waals surface area contributed by atoms with Gasteiger partial charge < -0.3 is 10.2 Å². The molecule has 0 aliphatic carbocycles. The predicted octanol–water partition coefficient (Wildman–Crippen LogP) is 2.54. The van der Waals surface area contributed by atoms with Crippen molar-refractivity contribution >= 4 is 17.5 Å². The maximum absolute atomic E-state index is 12.2. The lowest BCUT2D eigenvalue weighted by molar-refractivity contribution is -0.130. The SMILES string of the molecule is Cc1nc(Nc2ccccn2)cc([C@H]2CCCCN2CC(=O)N(C)C)n1. The minimum atomic E-state index is 0.120. The molecule has 3 heterocycles. The van der Waals surface area contributed by atoms with E-state index in [9.17, 15) is 4.79 Å². The molecule has 138 valence electrons. The summed E-state index contributed by atoms with van der Waals surface area (Å²) in [6.07, 6.45) is 5.00. The number of likely N-dealkylation sites (N-methyl/N-ethyl adjacent to an activating group) is 1. The number of hydrogen-bond donors (Lipinski definition) is 1. The quantitative estimate of drug-likeness (QED) is 0.889. The summed E-state index contributed by atoms with van der Waals surface area (Å²) in [4.78, 5) is 29.5. The number of rotatable bonds is 5. The zero-order valence-corrected chi connectivity index (χ0v) is 15.6. The van der Waals surface area contributed by atoms with E-state index in [4.69, 9.17) is 0 Å². The highest BCUT2D eigenvalue weighted by atomic mass is 16.2. The molecule has 1 amide bonds. The van der Waals surface area contributed by atoms with Gasteiger partial charge in [0, 0.05) is 26.4 Å². The first-order chi connectivity index (χ1) is 12.5. The van der Waals surface area contributed by atoms with E-state index in [-0.39, 0.29) is 11.9 Å². The van der Waals surface area contributed by atoms with E-state index in [1.165, 1.54) is 0 Å². The van der Waals surface area contributed by atoms with E-state index >= 15 is 0 Å². The number of nitrogens with zero attached hydrogens (tertiary/aromatic N) is 5. The van der Waals surface area contributed by atoms with Crippen molar-refractivity contribution < 1.29 is 4.79 Å². The van der Waals surface area contributed by atoms with Gasteiger partial charge in [0.05, 0.1) is 18.3 Å². The average Bonchev–Trinajstić information content (AvgIpc) is 2.62. The van der Waals surface area contributed by atoms with Gasteiger partial charge in [-0.25, -0.2) is 15.0 Å². The molecular formula is C19H26N6O. The van der Waals surface area contributed by atoms with Gasteiger partial charge >= 0.3 is 0 Å². The normalized spacial score (nSPS) is 17.7. The molecule has 0 bridgehead atoms. The Labute approximate surface area is 154 Å². The summed E-state index contributed by atoms with van der Waals surface area (Å²) >= 11 is 0. The van der Waals surface area contributed by atoms with Gasteiger partial charge in [0.2, 0.25) is 5.91 Å². The molecule has 0 saturated carbocycles. The molecule has 1 saturated heterocycles. The summed E-state index contributed by atoms with van der Waals surface area (Å²) in [5, 5.41) is 3.24. The number of pyridine rings is 1. The number of anilines is 2. The van der Waals surface area contributed by atoms with Crippen LogP contribution in [-0.4, -0.2) is 57.8 Å². The molecule has 0 spiro atoms. The van der Waals surface area contributed by atoms with Crippen LogP contribution >= 0.6 is 0 Å². The fourth-order valence-corrected chi connectivity index (χ4v) is 3.22. The van der Waals surface area contributed by atoms with E-state index in [1.54, 1.807) is 25.2 Å². The van der Waals surface area contributed by atoms with Crippen molar-refractivity contribution in [2.24, 2.45) is 0 Å². The smallest absolute Gasteiger partial charge is 0.236 e. The second-order valence-corrected chi connectivity index (χ2v) is 6.84. The third-order valence-corrected chi connectivity index (χ3v) is 4.57. The highest BCUT2D eigenvalue weighted by Crippen LogP contribution is 2.31. The Morgan fingerprint density at radius 3 is 2.85 bits per heavy atom. The zero-order chi connectivity index (χ0) is 18.5. The first kappa shape index (κ1) is 18.3. The topological polar surface area (TPSA) is 74.2 Å². The second kappa shape index (κ2) is 8.23. The van der Waals surface area contributed by atoms with Gasteiger partial charge in [0.1, 0.15) is 17.5 Å². The largest absolute Gasteiger partial charge is 0.348 e. The lowest BCUT2D eigenvalue weighted by Gasteiger charge is -2.35. The molecular weight excluding hydrogens is 328 g/mol. The van der Waals surface area contributed by atoms with Crippen LogP contribution in [0.25, 0.3) is 0 Å². The molecule has 1 N–H and O–H groups in total. The third kappa shape index (κ3) is 4.54. The fraction of sp³-hybridized carbons (Fsp3) is 0.474. The van der Waals surface area contributed by atoms with Gasteiger partial charge in [0.25, 0.3) is 0 Å². The standard InChI is InChI=1S/C19H26N6O/c1-14-21-15(12-18(22-14)23-17-9-4-6-10-20-17)16-8-5-7-11-25(16)13-19(26)24(2)3/h4,6,9-10,12,16H,5,7-8,11,13H2,1-3H3,(H,20,21,22,23)/t16-/m1/s1. The molecule has 1 aliphatic rings. The van der Waals surface area contributed by atoms with E-state index in [2.05, 4.69) is 25.2 Å². The highest BCUT2D eigenvalue weighted by molar-refractivity contribution is 5.77. The molecule has 2 aromatic heterocycles. The van der Waals surface area contributed by atoms with Gasteiger partial charge in [-0.3, -0.25) is 9.69 Å². The number of amides is 1. The number of carbonyl (C=O) groups excluding carboxylic acids is 1. The van der Waals surface area contributed by atoms with Crippen molar-refractivity contribution in [2.75, 3.05) is 32.5 Å². The molecule has 7 heteroatoms. The van der Waals surface area contributed by atoms with Crippen LogP contribution < -0.4 is 5.32 Å². The van der Waals surface area contributed by atoms with Gasteiger partial charge in [-0.1, -0.05) is 12.5 Å². The van der Waals surface area contributed by atoms with Crippen LogP contribution in [0.1, 0.15) is 36.8 Å². The van der Waals surface area contributed by atoms with Gasteiger partial charge in [-0.15, -0.1) is 0 Å². The van der Waals surface area contributed by atoms with Crippen LogP contribution in [0.15, 0.2) is 30.5 Å². The minimum absolute atomic E-state index is 0.120. The number of likely N-dealkylation sites (tertiary alicyclic amines) is 1. The summed E-state index contributed by atoms with van der Waals surface area (Å²) in [7, 11) is 3.59. The number of piperidine rings is 1. The molecule has 7 nitrogen and oxygen atoms in total. The summed E-state index contributed by atoms with van der Waals surface area (Å²) in [5.41, 5.74) is 0.960. The zero-order valence-electron chi connectivity index (χ0n) is 15.6. The lowest BCUT2D eigenvalue weighted by Crippen LogP contribution is -2.41.